The predicted molar refractivity (Wildman–Crippen MR) is 84.9 cm³/mol. The first-order valence-electron chi connectivity index (χ1n) is 7.41. The molecule has 2 atom stereocenters. The Hall–Kier alpha value is -1.75. The van der Waals surface area contributed by atoms with Crippen LogP contribution < -0.4 is 0 Å². The SMILES string of the molecule is CN(CC(O)c1cccc(F)c1)C(CCO)c1ccccc1. The van der Waals surface area contributed by atoms with Crippen molar-refractivity contribution in [2.45, 2.75) is 18.6 Å². The van der Waals surface area contributed by atoms with Crippen LogP contribution in [0.3, 0.4) is 0 Å². The highest BCUT2D eigenvalue weighted by atomic mass is 19.1. The van der Waals surface area contributed by atoms with Crippen LogP contribution in [0.15, 0.2) is 54.6 Å². The zero-order chi connectivity index (χ0) is 15.9. The van der Waals surface area contributed by atoms with Crippen molar-refractivity contribution in [3.63, 3.8) is 0 Å². The van der Waals surface area contributed by atoms with E-state index in [1.54, 1.807) is 12.1 Å². The Balaban J connectivity index is 2.09. The lowest BCUT2D eigenvalue weighted by molar-refractivity contribution is 0.0936. The van der Waals surface area contributed by atoms with E-state index in [1.807, 2.05) is 42.3 Å². The average Bonchev–Trinajstić information content (AvgIpc) is 2.53. The molecule has 2 unspecified atom stereocenters. The predicted octanol–water partition coefficient (Wildman–Crippen LogP) is 2.91. The molecule has 0 radical (unpaired) electrons. The lowest BCUT2D eigenvalue weighted by atomic mass is 10.0. The van der Waals surface area contributed by atoms with Gasteiger partial charge in [0.1, 0.15) is 5.82 Å². The molecule has 0 saturated carbocycles. The summed E-state index contributed by atoms with van der Waals surface area (Å²) in [6, 6.07) is 15.9. The fourth-order valence-electron chi connectivity index (χ4n) is 2.66. The minimum Gasteiger partial charge on any atom is -0.396 e. The summed E-state index contributed by atoms with van der Waals surface area (Å²) < 4.78 is 13.3. The molecule has 0 bridgehead atoms. The molecule has 22 heavy (non-hydrogen) atoms. The summed E-state index contributed by atoms with van der Waals surface area (Å²) in [6.07, 6.45) is -0.193. The van der Waals surface area contributed by atoms with Gasteiger partial charge in [0.05, 0.1) is 6.10 Å². The highest BCUT2D eigenvalue weighted by Crippen LogP contribution is 2.25. The first-order chi connectivity index (χ1) is 10.6. The maximum Gasteiger partial charge on any atom is 0.123 e. The molecule has 0 amide bonds. The largest absolute Gasteiger partial charge is 0.396 e. The third-order valence-corrected chi connectivity index (χ3v) is 3.81. The van der Waals surface area contributed by atoms with Crippen molar-refractivity contribution >= 4 is 0 Å². The second-order valence-electron chi connectivity index (χ2n) is 5.45. The van der Waals surface area contributed by atoms with Gasteiger partial charge in [-0.2, -0.15) is 0 Å². The van der Waals surface area contributed by atoms with Crippen molar-refractivity contribution in [1.29, 1.82) is 0 Å². The summed E-state index contributed by atoms with van der Waals surface area (Å²) in [5.41, 5.74) is 1.65. The molecule has 4 heteroatoms. The quantitative estimate of drug-likeness (QED) is 0.826. The van der Waals surface area contributed by atoms with E-state index in [2.05, 4.69) is 0 Å². The molecular formula is C18H22FNO2. The summed E-state index contributed by atoms with van der Waals surface area (Å²) in [6.45, 7) is 0.434. The normalized spacial score (nSPS) is 14.0. The van der Waals surface area contributed by atoms with Gasteiger partial charge < -0.3 is 10.2 Å². The fraction of sp³-hybridized carbons (Fsp3) is 0.333. The topological polar surface area (TPSA) is 43.7 Å². The molecule has 2 N–H and O–H groups in total. The molecule has 0 fully saturated rings. The van der Waals surface area contributed by atoms with E-state index in [9.17, 15) is 14.6 Å². The zero-order valence-corrected chi connectivity index (χ0v) is 12.7. The van der Waals surface area contributed by atoms with E-state index in [0.29, 0.717) is 18.5 Å². The molecule has 0 aliphatic heterocycles. The molecular weight excluding hydrogens is 281 g/mol. The van der Waals surface area contributed by atoms with E-state index in [0.717, 1.165) is 5.56 Å². The number of aliphatic hydroxyl groups excluding tert-OH is 2. The van der Waals surface area contributed by atoms with Crippen LogP contribution in [0, 0.1) is 5.82 Å². The minimum atomic E-state index is -0.773. The molecule has 0 aromatic heterocycles. The Morgan fingerprint density at radius 1 is 1.05 bits per heavy atom. The lowest BCUT2D eigenvalue weighted by Crippen LogP contribution is -2.30. The number of nitrogens with zero attached hydrogens (tertiary/aromatic N) is 1. The van der Waals surface area contributed by atoms with Gasteiger partial charge in [0.25, 0.3) is 0 Å². The summed E-state index contributed by atoms with van der Waals surface area (Å²) in [5, 5.41) is 19.6. The van der Waals surface area contributed by atoms with Crippen LogP contribution in [-0.2, 0) is 0 Å². The second-order valence-corrected chi connectivity index (χ2v) is 5.45. The third-order valence-electron chi connectivity index (χ3n) is 3.81. The molecule has 0 aliphatic carbocycles. The molecule has 2 aromatic carbocycles. The van der Waals surface area contributed by atoms with Crippen molar-refractivity contribution in [3.8, 4) is 0 Å². The van der Waals surface area contributed by atoms with Gasteiger partial charge in [-0.1, -0.05) is 42.5 Å². The maximum absolute atomic E-state index is 13.3. The Morgan fingerprint density at radius 3 is 2.36 bits per heavy atom. The Kier molecular flexibility index (Phi) is 6.07. The van der Waals surface area contributed by atoms with Crippen molar-refractivity contribution in [2.75, 3.05) is 20.2 Å². The van der Waals surface area contributed by atoms with Gasteiger partial charge in [0, 0.05) is 19.2 Å². The first kappa shape index (κ1) is 16.6. The Labute approximate surface area is 130 Å². The van der Waals surface area contributed by atoms with Crippen molar-refractivity contribution in [2.24, 2.45) is 0 Å². The van der Waals surface area contributed by atoms with Gasteiger partial charge in [-0.15, -0.1) is 0 Å². The van der Waals surface area contributed by atoms with E-state index in [-0.39, 0.29) is 18.5 Å². The van der Waals surface area contributed by atoms with Gasteiger partial charge in [-0.05, 0) is 36.7 Å². The monoisotopic (exact) mass is 303 g/mol. The summed E-state index contributed by atoms with van der Waals surface area (Å²) in [5.74, 6) is -0.353. The molecule has 3 nitrogen and oxygen atoms in total. The average molecular weight is 303 g/mol. The number of likely N-dealkylation sites (N-methyl/N-ethyl adjacent to an activating group) is 1. The Bertz CT molecular complexity index is 576. The van der Waals surface area contributed by atoms with Crippen LogP contribution in [0.2, 0.25) is 0 Å². The van der Waals surface area contributed by atoms with Gasteiger partial charge in [-0.3, -0.25) is 4.90 Å². The molecule has 2 rings (SSSR count). The second kappa shape index (κ2) is 8.03. The molecule has 0 spiro atoms. The summed E-state index contributed by atoms with van der Waals surface area (Å²) in [7, 11) is 1.90. The highest BCUT2D eigenvalue weighted by Gasteiger charge is 2.20. The van der Waals surface area contributed by atoms with Crippen LogP contribution in [0.4, 0.5) is 4.39 Å². The van der Waals surface area contributed by atoms with E-state index in [4.69, 9.17) is 0 Å². The van der Waals surface area contributed by atoms with E-state index >= 15 is 0 Å². The first-order valence-corrected chi connectivity index (χ1v) is 7.41. The number of aliphatic hydroxyl groups is 2. The van der Waals surface area contributed by atoms with Crippen LogP contribution in [0.25, 0.3) is 0 Å². The van der Waals surface area contributed by atoms with E-state index < -0.39 is 6.10 Å². The number of halogens is 1. The number of rotatable bonds is 7. The molecule has 2 aromatic rings. The van der Waals surface area contributed by atoms with Crippen LogP contribution in [-0.4, -0.2) is 35.3 Å². The zero-order valence-electron chi connectivity index (χ0n) is 12.7. The summed E-state index contributed by atoms with van der Waals surface area (Å²) >= 11 is 0. The number of benzene rings is 2. The van der Waals surface area contributed by atoms with Gasteiger partial charge >= 0.3 is 0 Å². The number of hydrogen-bond donors (Lipinski definition) is 2. The van der Waals surface area contributed by atoms with Crippen LogP contribution >= 0.6 is 0 Å². The van der Waals surface area contributed by atoms with Gasteiger partial charge in [0.15, 0.2) is 0 Å². The van der Waals surface area contributed by atoms with Crippen molar-refractivity contribution in [1.82, 2.24) is 4.90 Å². The van der Waals surface area contributed by atoms with Gasteiger partial charge in [0.2, 0.25) is 0 Å². The highest BCUT2D eigenvalue weighted by molar-refractivity contribution is 5.21. The standard InChI is InChI=1S/C18H22FNO2/c1-20(13-18(22)15-8-5-9-16(19)12-15)17(10-11-21)14-6-3-2-4-7-14/h2-9,12,17-18,21-22H,10-11,13H2,1H3. The van der Waals surface area contributed by atoms with Crippen molar-refractivity contribution in [3.05, 3.63) is 71.5 Å². The minimum absolute atomic E-state index is 0.00871. The molecule has 0 aliphatic rings. The smallest absolute Gasteiger partial charge is 0.123 e. The molecule has 118 valence electrons. The summed E-state index contributed by atoms with van der Waals surface area (Å²) in [4.78, 5) is 1.99. The fourth-order valence-corrected chi connectivity index (χ4v) is 2.66. The lowest BCUT2D eigenvalue weighted by Gasteiger charge is -2.30. The van der Waals surface area contributed by atoms with Crippen LogP contribution in [0.1, 0.15) is 29.7 Å². The van der Waals surface area contributed by atoms with Gasteiger partial charge in [-0.25, -0.2) is 4.39 Å². The van der Waals surface area contributed by atoms with Crippen molar-refractivity contribution < 1.29 is 14.6 Å². The van der Waals surface area contributed by atoms with Crippen LogP contribution in [0.5, 0.6) is 0 Å². The Morgan fingerprint density at radius 2 is 1.73 bits per heavy atom. The third kappa shape index (κ3) is 4.37. The van der Waals surface area contributed by atoms with E-state index in [1.165, 1.54) is 12.1 Å². The number of hydrogen-bond acceptors (Lipinski definition) is 3. The molecule has 0 heterocycles. The maximum atomic E-state index is 13.3. The molecule has 0 saturated heterocycles.